The number of aliphatic hydroxyl groups excluding tert-OH is 1. The number of hydrogen-bond acceptors (Lipinski definition) is 3. The first-order valence-corrected chi connectivity index (χ1v) is 8.52. The normalized spacial score (nSPS) is 10.7. The fourth-order valence-electron chi connectivity index (χ4n) is 2.95. The highest BCUT2D eigenvalue weighted by Gasteiger charge is 2.07. The Kier molecular flexibility index (Phi) is 4.54. The Morgan fingerprint density at radius 3 is 2.15 bits per heavy atom. The molecular weight excluding hydrogens is 320 g/mol. The lowest BCUT2D eigenvalue weighted by molar-refractivity contribution is 0.282. The number of aromatic nitrogens is 2. The third kappa shape index (κ3) is 3.39. The summed E-state index contributed by atoms with van der Waals surface area (Å²) < 4.78 is 0. The third-order valence-corrected chi connectivity index (χ3v) is 4.29. The predicted molar refractivity (Wildman–Crippen MR) is 104 cm³/mol. The molecule has 126 valence electrons. The molecule has 3 aromatic carbocycles. The van der Waals surface area contributed by atoms with Crippen LogP contribution >= 0.6 is 0 Å². The average molecular weight is 338 g/mol. The van der Waals surface area contributed by atoms with Crippen molar-refractivity contribution >= 4 is 0 Å². The number of nitrogens with zero attached hydrogens (tertiary/aromatic N) is 2. The lowest BCUT2D eigenvalue weighted by atomic mass is 10.0. The predicted octanol–water partition coefficient (Wildman–Crippen LogP) is 4.97. The highest BCUT2D eigenvalue weighted by molar-refractivity contribution is 5.71. The van der Waals surface area contributed by atoms with Crippen LogP contribution in [0.15, 0.2) is 91.1 Å². The van der Waals surface area contributed by atoms with E-state index in [9.17, 15) is 5.11 Å². The second-order valence-corrected chi connectivity index (χ2v) is 6.07. The van der Waals surface area contributed by atoms with Gasteiger partial charge in [0.1, 0.15) is 0 Å². The Hall–Kier alpha value is -3.30. The van der Waals surface area contributed by atoms with Crippen LogP contribution in [0.4, 0.5) is 0 Å². The van der Waals surface area contributed by atoms with Gasteiger partial charge in [-0.1, -0.05) is 66.7 Å². The van der Waals surface area contributed by atoms with E-state index < -0.39 is 0 Å². The summed E-state index contributed by atoms with van der Waals surface area (Å²) in [6.07, 6.45) is 1.80. The molecular formula is C23H18N2O. The quantitative estimate of drug-likeness (QED) is 0.571. The zero-order chi connectivity index (χ0) is 17.8. The van der Waals surface area contributed by atoms with Crippen LogP contribution in [0.1, 0.15) is 5.56 Å². The van der Waals surface area contributed by atoms with Gasteiger partial charge in [0.2, 0.25) is 0 Å². The van der Waals surface area contributed by atoms with E-state index in [1.807, 2.05) is 72.8 Å². The molecule has 0 aliphatic rings. The van der Waals surface area contributed by atoms with Gasteiger partial charge in [0.05, 0.1) is 12.3 Å². The van der Waals surface area contributed by atoms with Gasteiger partial charge in [-0.05, 0) is 34.9 Å². The third-order valence-electron chi connectivity index (χ3n) is 4.29. The number of aliphatic hydroxyl groups is 1. The summed E-state index contributed by atoms with van der Waals surface area (Å²) in [4.78, 5) is 9.18. The molecule has 4 aromatic rings. The van der Waals surface area contributed by atoms with Crippen molar-refractivity contribution in [3.05, 3.63) is 96.7 Å². The second kappa shape index (κ2) is 7.30. The van der Waals surface area contributed by atoms with Gasteiger partial charge < -0.3 is 5.11 Å². The van der Waals surface area contributed by atoms with Crippen molar-refractivity contribution in [3.8, 4) is 33.8 Å². The fourth-order valence-corrected chi connectivity index (χ4v) is 2.95. The molecule has 0 radical (unpaired) electrons. The van der Waals surface area contributed by atoms with Gasteiger partial charge in [-0.15, -0.1) is 0 Å². The van der Waals surface area contributed by atoms with Crippen molar-refractivity contribution in [2.24, 2.45) is 0 Å². The van der Waals surface area contributed by atoms with Crippen LogP contribution in [0.5, 0.6) is 0 Å². The molecule has 1 heterocycles. The average Bonchev–Trinajstić information content (AvgIpc) is 2.74. The summed E-state index contributed by atoms with van der Waals surface area (Å²) in [5, 5.41) is 9.36. The molecule has 0 atom stereocenters. The molecule has 0 saturated heterocycles. The number of hydrogen-bond donors (Lipinski definition) is 1. The minimum atomic E-state index is 0.0375. The molecule has 0 unspecified atom stereocenters. The molecule has 3 heteroatoms. The molecule has 3 nitrogen and oxygen atoms in total. The Bertz CT molecular complexity index is 1030. The van der Waals surface area contributed by atoms with Crippen molar-refractivity contribution in [1.82, 2.24) is 9.97 Å². The summed E-state index contributed by atoms with van der Waals surface area (Å²) in [6.45, 7) is 0.0375. The minimum Gasteiger partial charge on any atom is -0.392 e. The van der Waals surface area contributed by atoms with Crippen molar-refractivity contribution in [1.29, 1.82) is 0 Å². The van der Waals surface area contributed by atoms with Gasteiger partial charge in [0.15, 0.2) is 5.82 Å². The molecule has 0 saturated carbocycles. The summed E-state index contributed by atoms with van der Waals surface area (Å²) in [5.74, 6) is 0.700. The van der Waals surface area contributed by atoms with E-state index in [4.69, 9.17) is 4.98 Å². The molecule has 0 bridgehead atoms. The lowest BCUT2D eigenvalue weighted by Crippen LogP contribution is -1.92. The first-order valence-electron chi connectivity index (χ1n) is 8.52. The number of benzene rings is 3. The zero-order valence-electron chi connectivity index (χ0n) is 14.2. The van der Waals surface area contributed by atoms with E-state index in [1.54, 1.807) is 6.20 Å². The van der Waals surface area contributed by atoms with Gasteiger partial charge in [-0.3, -0.25) is 0 Å². The SMILES string of the molecule is OCc1cccc(-c2cccc(-c3nccc(-c4ccccc4)n3)c2)c1. The molecule has 0 aliphatic carbocycles. The topological polar surface area (TPSA) is 46.0 Å². The van der Waals surface area contributed by atoms with Gasteiger partial charge in [0.25, 0.3) is 0 Å². The molecule has 1 N–H and O–H groups in total. The van der Waals surface area contributed by atoms with Crippen LogP contribution in [-0.4, -0.2) is 15.1 Å². The fraction of sp³-hybridized carbons (Fsp3) is 0.0435. The van der Waals surface area contributed by atoms with Crippen LogP contribution in [0.2, 0.25) is 0 Å². The Morgan fingerprint density at radius 2 is 1.35 bits per heavy atom. The Morgan fingerprint density at radius 1 is 0.654 bits per heavy atom. The maximum atomic E-state index is 9.36. The van der Waals surface area contributed by atoms with Crippen LogP contribution in [0.25, 0.3) is 33.8 Å². The van der Waals surface area contributed by atoms with Crippen LogP contribution in [-0.2, 0) is 6.61 Å². The molecule has 0 fully saturated rings. The minimum absolute atomic E-state index is 0.0375. The first kappa shape index (κ1) is 16.2. The summed E-state index contributed by atoms with van der Waals surface area (Å²) in [7, 11) is 0. The molecule has 1 aromatic heterocycles. The summed E-state index contributed by atoms with van der Waals surface area (Å²) in [5.41, 5.74) is 5.99. The van der Waals surface area contributed by atoms with Crippen molar-refractivity contribution in [2.75, 3.05) is 0 Å². The Balaban J connectivity index is 1.73. The van der Waals surface area contributed by atoms with Crippen molar-refractivity contribution in [2.45, 2.75) is 6.61 Å². The smallest absolute Gasteiger partial charge is 0.159 e. The van der Waals surface area contributed by atoms with E-state index in [2.05, 4.69) is 17.1 Å². The summed E-state index contributed by atoms with van der Waals surface area (Å²) in [6, 6.07) is 28.1. The van der Waals surface area contributed by atoms with Gasteiger partial charge in [0, 0.05) is 17.3 Å². The maximum absolute atomic E-state index is 9.36. The van der Waals surface area contributed by atoms with Crippen molar-refractivity contribution < 1.29 is 5.11 Å². The van der Waals surface area contributed by atoms with E-state index in [0.29, 0.717) is 5.82 Å². The van der Waals surface area contributed by atoms with Crippen LogP contribution in [0.3, 0.4) is 0 Å². The maximum Gasteiger partial charge on any atom is 0.159 e. The van der Waals surface area contributed by atoms with E-state index >= 15 is 0 Å². The van der Waals surface area contributed by atoms with Gasteiger partial charge >= 0.3 is 0 Å². The first-order chi connectivity index (χ1) is 12.8. The lowest BCUT2D eigenvalue weighted by Gasteiger charge is -2.08. The second-order valence-electron chi connectivity index (χ2n) is 6.07. The van der Waals surface area contributed by atoms with Crippen LogP contribution in [0, 0.1) is 0 Å². The highest BCUT2D eigenvalue weighted by atomic mass is 16.3. The molecule has 0 aliphatic heterocycles. The van der Waals surface area contributed by atoms with E-state index in [0.717, 1.165) is 33.5 Å². The van der Waals surface area contributed by atoms with Crippen LogP contribution < -0.4 is 0 Å². The highest BCUT2D eigenvalue weighted by Crippen LogP contribution is 2.26. The molecule has 26 heavy (non-hydrogen) atoms. The molecule has 0 spiro atoms. The Labute approximate surface area is 152 Å². The van der Waals surface area contributed by atoms with E-state index in [1.165, 1.54) is 0 Å². The largest absolute Gasteiger partial charge is 0.392 e. The zero-order valence-corrected chi connectivity index (χ0v) is 14.2. The van der Waals surface area contributed by atoms with Crippen molar-refractivity contribution in [3.63, 3.8) is 0 Å². The summed E-state index contributed by atoms with van der Waals surface area (Å²) >= 11 is 0. The standard InChI is InChI=1S/C23H18N2O/c26-16-17-6-4-9-19(14-17)20-10-5-11-21(15-20)23-24-13-12-22(25-23)18-7-2-1-3-8-18/h1-15,26H,16H2. The van der Waals surface area contributed by atoms with Gasteiger partial charge in [-0.2, -0.15) is 0 Å². The monoisotopic (exact) mass is 338 g/mol. The molecule has 0 amide bonds. The van der Waals surface area contributed by atoms with Gasteiger partial charge in [-0.25, -0.2) is 9.97 Å². The van der Waals surface area contributed by atoms with E-state index in [-0.39, 0.29) is 6.61 Å². The molecule has 4 rings (SSSR count). The number of rotatable bonds is 4.